The Bertz CT molecular complexity index is 1400. The number of hydrogen-bond acceptors (Lipinski definition) is 7. The molecule has 3 aromatic rings. The SMILES string of the molecule is Cc1c(O)[nH]c(O)c1C(=O)[C@@H](NC(=O)C[C@H](NC(=O)C=Cc1ccc2c(c1)OCO2)c1ccccc1)C(C)C. The van der Waals surface area contributed by atoms with Crippen LogP contribution in [0.1, 0.15) is 53.4 Å². The van der Waals surface area contributed by atoms with Gasteiger partial charge in [0.25, 0.3) is 0 Å². The van der Waals surface area contributed by atoms with Crippen LogP contribution >= 0.6 is 0 Å². The standard InChI is InChI=1S/C29H31N3O7/c1-16(2)26(27(35)25-17(3)28(36)32-29(25)37)31-24(34)14-20(19-7-5-4-6-8-19)30-23(33)12-10-18-9-11-21-22(13-18)39-15-38-21/h4-13,16,20,26,32,36-37H,14-15H2,1-3H3,(H,30,33)(H,31,34)/t20-,26-/m0/s1. The van der Waals surface area contributed by atoms with Crippen molar-refractivity contribution in [2.45, 2.75) is 39.3 Å². The van der Waals surface area contributed by atoms with E-state index in [0.29, 0.717) is 17.1 Å². The van der Waals surface area contributed by atoms with Crippen molar-refractivity contribution in [3.8, 4) is 23.3 Å². The number of amides is 2. The van der Waals surface area contributed by atoms with Gasteiger partial charge in [0, 0.05) is 11.6 Å². The van der Waals surface area contributed by atoms with Crippen molar-refractivity contribution in [2.75, 3.05) is 6.79 Å². The second-order valence-electron chi connectivity index (χ2n) is 9.60. The summed E-state index contributed by atoms with van der Waals surface area (Å²) in [4.78, 5) is 41.5. The van der Waals surface area contributed by atoms with Crippen molar-refractivity contribution < 1.29 is 34.1 Å². The van der Waals surface area contributed by atoms with Crippen LogP contribution in [-0.4, -0.2) is 45.6 Å². The molecule has 5 N–H and O–H groups in total. The molecule has 2 atom stereocenters. The first-order chi connectivity index (χ1) is 18.6. The Kier molecular flexibility index (Phi) is 8.24. The van der Waals surface area contributed by atoms with Gasteiger partial charge in [-0.2, -0.15) is 0 Å². The highest BCUT2D eigenvalue weighted by Crippen LogP contribution is 2.33. The zero-order valence-electron chi connectivity index (χ0n) is 21.9. The van der Waals surface area contributed by atoms with Crippen LogP contribution < -0.4 is 20.1 Å². The first-order valence-corrected chi connectivity index (χ1v) is 12.5. The number of aromatic amines is 1. The zero-order chi connectivity index (χ0) is 28.1. The van der Waals surface area contributed by atoms with E-state index in [2.05, 4.69) is 15.6 Å². The first-order valence-electron chi connectivity index (χ1n) is 12.5. The minimum absolute atomic E-state index is 0.0759. The Balaban J connectivity index is 1.47. The Labute approximate surface area is 225 Å². The quantitative estimate of drug-likeness (QED) is 0.197. The number of hydrogen-bond donors (Lipinski definition) is 5. The van der Waals surface area contributed by atoms with Gasteiger partial charge in [0.05, 0.1) is 24.1 Å². The molecule has 204 valence electrons. The maximum absolute atomic E-state index is 13.2. The molecular formula is C29H31N3O7. The Hall–Kier alpha value is -4.73. The molecule has 0 unspecified atom stereocenters. The zero-order valence-corrected chi connectivity index (χ0v) is 21.9. The topological polar surface area (TPSA) is 150 Å². The third-order valence-electron chi connectivity index (χ3n) is 6.45. The van der Waals surface area contributed by atoms with Gasteiger partial charge in [0.15, 0.2) is 23.2 Å². The number of ether oxygens (including phenoxy) is 2. The van der Waals surface area contributed by atoms with Crippen molar-refractivity contribution in [1.29, 1.82) is 0 Å². The van der Waals surface area contributed by atoms with Crippen LogP contribution in [0, 0.1) is 12.8 Å². The fraction of sp³-hybridized carbons (Fsp3) is 0.276. The number of aromatic hydroxyl groups is 2. The highest BCUT2D eigenvalue weighted by molar-refractivity contribution is 6.05. The summed E-state index contributed by atoms with van der Waals surface area (Å²) in [7, 11) is 0. The molecule has 1 aromatic heterocycles. The van der Waals surface area contributed by atoms with Gasteiger partial charge in [-0.25, -0.2) is 0 Å². The predicted octanol–water partition coefficient (Wildman–Crippen LogP) is 3.75. The molecule has 2 heterocycles. The van der Waals surface area contributed by atoms with Gasteiger partial charge in [-0.15, -0.1) is 0 Å². The van der Waals surface area contributed by atoms with Crippen molar-refractivity contribution >= 4 is 23.7 Å². The lowest BCUT2D eigenvalue weighted by molar-refractivity contribution is -0.123. The number of carbonyl (C=O) groups is 3. The lowest BCUT2D eigenvalue weighted by Crippen LogP contribution is -2.45. The van der Waals surface area contributed by atoms with Crippen LogP contribution in [0.4, 0.5) is 0 Å². The summed E-state index contributed by atoms with van der Waals surface area (Å²) in [6.07, 6.45) is 2.87. The summed E-state index contributed by atoms with van der Waals surface area (Å²) in [5.74, 6) is -1.25. The molecule has 0 bridgehead atoms. The van der Waals surface area contributed by atoms with Crippen molar-refractivity contribution in [1.82, 2.24) is 15.6 Å². The monoisotopic (exact) mass is 533 g/mol. The molecule has 0 spiro atoms. The number of rotatable bonds is 10. The maximum Gasteiger partial charge on any atom is 0.244 e. The van der Waals surface area contributed by atoms with E-state index in [0.717, 1.165) is 5.56 Å². The van der Waals surface area contributed by atoms with E-state index >= 15 is 0 Å². The summed E-state index contributed by atoms with van der Waals surface area (Å²) >= 11 is 0. The normalized spacial score (nSPS) is 13.8. The fourth-order valence-electron chi connectivity index (χ4n) is 4.32. The molecule has 0 radical (unpaired) electrons. The van der Waals surface area contributed by atoms with E-state index in [9.17, 15) is 24.6 Å². The molecule has 0 fully saturated rings. The Morgan fingerprint density at radius 3 is 2.38 bits per heavy atom. The van der Waals surface area contributed by atoms with Gasteiger partial charge < -0.3 is 30.3 Å². The van der Waals surface area contributed by atoms with Crippen molar-refractivity contribution in [3.05, 3.63) is 76.9 Å². The third kappa shape index (κ3) is 6.40. The van der Waals surface area contributed by atoms with Crippen LogP contribution in [0.15, 0.2) is 54.6 Å². The second-order valence-corrected chi connectivity index (χ2v) is 9.60. The number of nitrogens with one attached hydrogen (secondary N) is 3. The molecule has 0 aliphatic carbocycles. The lowest BCUT2D eigenvalue weighted by atomic mass is 9.93. The lowest BCUT2D eigenvalue weighted by Gasteiger charge is -2.24. The minimum Gasteiger partial charge on any atom is -0.494 e. The highest BCUT2D eigenvalue weighted by atomic mass is 16.7. The highest BCUT2D eigenvalue weighted by Gasteiger charge is 2.31. The molecule has 2 amide bonds. The summed E-state index contributed by atoms with van der Waals surface area (Å²) in [5, 5.41) is 25.6. The van der Waals surface area contributed by atoms with Crippen LogP contribution in [0.2, 0.25) is 0 Å². The molecule has 0 saturated carbocycles. The predicted molar refractivity (Wildman–Crippen MR) is 144 cm³/mol. The molecular weight excluding hydrogens is 502 g/mol. The van der Waals surface area contributed by atoms with E-state index < -0.39 is 35.6 Å². The summed E-state index contributed by atoms with van der Waals surface area (Å²) in [5.41, 5.74) is 1.58. The summed E-state index contributed by atoms with van der Waals surface area (Å²) in [6, 6.07) is 12.7. The average molecular weight is 534 g/mol. The van der Waals surface area contributed by atoms with Gasteiger partial charge in [-0.3, -0.25) is 19.4 Å². The molecule has 2 aromatic carbocycles. The molecule has 39 heavy (non-hydrogen) atoms. The average Bonchev–Trinajstić information content (AvgIpc) is 3.48. The largest absolute Gasteiger partial charge is 0.494 e. The Morgan fingerprint density at radius 2 is 1.72 bits per heavy atom. The van der Waals surface area contributed by atoms with Crippen LogP contribution in [0.3, 0.4) is 0 Å². The van der Waals surface area contributed by atoms with E-state index in [4.69, 9.17) is 9.47 Å². The van der Waals surface area contributed by atoms with E-state index in [1.54, 1.807) is 62.4 Å². The van der Waals surface area contributed by atoms with Gasteiger partial charge in [0.1, 0.15) is 0 Å². The molecule has 4 rings (SSSR count). The van der Waals surface area contributed by atoms with Gasteiger partial charge >= 0.3 is 0 Å². The van der Waals surface area contributed by atoms with Gasteiger partial charge in [0.2, 0.25) is 24.5 Å². The molecule has 0 saturated heterocycles. The van der Waals surface area contributed by atoms with E-state index in [-0.39, 0.29) is 36.1 Å². The number of fused-ring (bicyclic) bond motifs is 1. The Morgan fingerprint density at radius 1 is 1.00 bits per heavy atom. The van der Waals surface area contributed by atoms with Gasteiger partial charge in [-0.05, 0) is 42.2 Å². The molecule has 1 aliphatic rings. The summed E-state index contributed by atoms with van der Waals surface area (Å²) in [6.45, 7) is 5.18. The maximum atomic E-state index is 13.2. The number of H-pyrrole nitrogens is 1. The molecule has 1 aliphatic heterocycles. The third-order valence-corrected chi connectivity index (χ3v) is 6.45. The number of aromatic nitrogens is 1. The summed E-state index contributed by atoms with van der Waals surface area (Å²) < 4.78 is 10.7. The fourth-order valence-corrected chi connectivity index (χ4v) is 4.32. The minimum atomic E-state index is -0.963. The van der Waals surface area contributed by atoms with Crippen LogP contribution in [0.25, 0.3) is 6.08 Å². The van der Waals surface area contributed by atoms with Crippen LogP contribution in [-0.2, 0) is 9.59 Å². The van der Waals surface area contributed by atoms with Crippen molar-refractivity contribution in [3.63, 3.8) is 0 Å². The number of ketones is 1. The van der Waals surface area contributed by atoms with E-state index in [1.165, 1.54) is 13.0 Å². The van der Waals surface area contributed by atoms with Crippen LogP contribution in [0.5, 0.6) is 23.3 Å². The smallest absolute Gasteiger partial charge is 0.244 e. The van der Waals surface area contributed by atoms with E-state index in [1.807, 2.05) is 6.07 Å². The number of carbonyl (C=O) groups excluding carboxylic acids is 3. The van der Waals surface area contributed by atoms with Crippen molar-refractivity contribution in [2.24, 2.45) is 5.92 Å². The number of benzene rings is 2. The first kappa shape index (κ1) is 27.3. The van der Waals surface area contributed by atoms with Gasteiger partial charge in [-0.1, -0.05) is 50.2 Å². The molecule has 10 heteroatoms. The number of Topliss-reactive ketones (excluding diaryl/α,β-unsaturated/α-hetero) is 1. The molecule has 10 nitrogen and oxygen atoms in total. The second kappa shape index (κ2) is 11.8.